The highest BCUT2D eigenvalue weighted by Gasteiger charge is 2.40. The van der Waals surface area contributed by atoms with Gasteiger partial charge >= 0.3 is 5.97 Å². The molecule has 1 aromatic heterocycles. The largest absolute Gasteiger partial charge is 0.449 e. The SMILES string of the molecule is CCn1c(C)cc(C(=O)O[C@H](C)C(=O)N(C)C2(C#N)CCCCC2)c1C. The van der Waals surface area contributed by atoms with Crippen molar-refractivity contribution >= 4 is 11.9 Å². The molecule has 0 unspecified atom stereocenters. The summed E-state index contributed by atoms with van der Waals surface area (Å²) in [5, 5.41) is 9.64. The normalized spacial score (nSPS) is 17.2. The zero-order valence-corrected chi connectivity index (χ0v) is 16.5. The number of carbonyl (C=O) groups excluding carboxylic acids is 2. The molecule has 2 rings (SSSR count). The molecule has 1 aromatic rings. The molecule has 1 aliphatic carbocycles. The van der Waals surface area contributed by atoms with E-state index in [1.807, 2.05) is 25.3 Å². The van der Waals surface area contributed by atoms with Crippen LogP contribution >= 0.6 is 0 Å². The molecule has 0 N–H and O–H groups in total. The molecule has 0 aromatic carbocycles. The van der Waals surface area contributed by atoms with E-state index in [4.69, 9.17) is 4.74 Å². The lowest BCUT2D eigenvalue weighted by atomic mass is 9.81. The van der Waals surface area contributed by atoms with Crippen LogP contribution in [0.2, 0.25) is 0 Å². The molecule has 1 saturated carbocycles. The lowest BCUT2D eigenvalue weighted by Gasteiger charge is -2.39. The first-order chi connectivity index (χ1) is 12.3. The van der Waals surface area contributed by atoms with Gasteiger partial charge in [0.1, 0.15) is 5.54 Å². The van der Waals surface area contributed by atoms with E-state index in [1.165, 1.54) is 4.90 Å². The third kappa shape index (κ3) is 3.62. The Hall–Kier alpha value is -2.29. The molecule has 0 aliphatic heterocycles. The first kappa shape index (κ1) is 20.0. The van der Waals surface area contributed by atoms with Gasteiger partial charge in [-0.3, -0.25) is 4.79 Å². The number of hydrogen-bond acceptors (Lipinski definition) is 4. The van der Waals surface area contributed by atoms with Gasteiger partial charge in [0, 0.05) is 25.0 Å². The van der Waals surface area contributed by atoms with E-state index >= 15 is 0 Å². The van der Waals surface area contributed by atoms with Gasteiger partial charge in [-0.2, -0.15) is 5.26 Å². The summed E-state index contributed by atoms with van der Waals surface area (Å²) in [6, 6.07) is 4.12. The van der Waals surface area contributed by atoms with Gasteiger partial charge in [-0.05, 0) is 46.6 Å². The average Bonchev–Trinajstić information content (AvgIpc) is 2.94. The summed E-state index contributed by atoms with van der Waals surface area (Å²) in [7, 11) is 1.64. The third-order valence-corrected chi connectivity index (χ3v) is 5.60. The summed E-state index contributed by atoms with van der Waals surface area (Å²) in [5.41, 5.74) is 1.52. The predicted octanol–water partition coefficient (Wildman–Crippen LogP) is 3.36. The molecule has 1 amide bonds. The van der Waals surface area contributed by atoms with Crippen LogP contribution in [0.25, 0.3) is 0 Å². The molecule has 0 saturated heterocycles. The Bertz CT molecular complexity index is 723. The number of ether oxygens (including phenoxy) is 1. The summed E-state index contributed by atoms with van der Waals surface area (Å²) in [4.78, 5) is 26.8. The van der Waals surface area contributed by atoms with E-state index in [0.29, 0.717) is 18.4 Å². The minimum atomic E-state index is -0.927. The van der Waals surface area contributed by atoms with Gasteiger partial charge in [0.2, 0.25) is 0 Å². The molecule has 142 valence electrons. The Kier molecular flexibility index (Phi) is 6.12. The number of carbonyl (C=O) groups is 2. The zero-order chi connectivity index (χ0) is 19.5. The minimum absolute atomic E-state index is 0.328. The number of aryl methyl sites for hydroxylation is 1. The molecule has 0 radical (unpaired) electrons. The van der Waals surface area contributed by atoms with Gasteiger partial charge in [0.05, 0.1) is 11.6 Å². The second kappa shape index (κ2) is 7.94. The zero-order valence-electron chi connectivity index (χ0n) is 16.5. The van der Waals surface area contributed by atoms with Crippen molar-refractivity contribution in [1.29, 1.82) is 5.26 Å². The number of likely N-dealkylation sites (N-methyl/N-ethyl adjacent to an activating group) is 1. The molecule has 1 fully saturated rings. The van der Waals surface area contributed by atoms with Crippen molar-refractivity contribution in [2.45, 2.75) is 78.0 Å². The van der Waals surface area contributed by atoms with Crippen molar-refractivity contribution in [3.05, 3.63) is 23.0 Å². The molecule has 26 heavy (non-hydrogen) atoms. The van der Waals surface area contributed by atoms with Crippen molar-refractivity contribution in [2.75, 3.05) is 7.05 Å². The number of amides is 1. The lowest BCUT2D eigenvalue weighted by Crippen LogP contribution is -2.53. The van der Waals surface area contributed by atoms with E-state index in [2.05, 4.69) is 6.07 Å². The topological polar surface area (TPSA) is 75.3 Å². The average molecular weight is 359 g/mol. The highest BCUT2D eigenvalue weighted by Crippen LogP contribution is 2.33. The maximum atomic E-state index is 12.8. The summed E-state index contributed by atoms with van der Waals surface area (Å²) >= 11 is 0. The van der Waals surface area contributed by atoms with Crippen LogP contribution in [0.15, 0.2) is 6.07 Å². The molecule has 6 nitrogen and oxygen atoms in total. The van der Waals surface area contributed by atoms with Crippen LogP contribution in [-0.2, 0) is 16.1 Å². The first-order valence-electron chi connectivity index (χ1n) is 9.34. The second-order valence-corrected chi connectivity index (χ2v) is 7.18. The van der Waals surface area contributed by atoms with Crippen LogP contribution in [0.3, 0.4) is 0 Å². The van der Waals surface area contributed by atoms with Gasteiger partial charge in [0.25, 0.3) is 5.91 Å². The Morgan fingerprint density at radius 2 is 1.96 bits per heavy atom. The van der Waals surface area contributed by atoms with E-state index in [9.17, 15) is 14.9 Å². The molecule has 6 heteroatoms. The second-order valence-electron chi connectivity index (χ2n) is 7.18. The summed E-state index contributed by atoms with van der Waals surface area (Å²) in [6.07, 6.45) is 3.37. The molecule has 0 spiro atoms. The minimum Gasteiger partial charge on any atom is -0.449 e. The number of nitriles is 1. The maximum Gasteiger partial charge on any atom is 0.340 e. The molecule has 0 bridgehead atoms. The number of hydrogen-bond donors (Lipinski definition) is 0. The van der Waals surface area contributed by atoms with Crippen LogP contribution in [-0.4, -0.2) is 40.0 Å². The summed E-state index contributed by atoms with van der Waals surface area (Å²) < 4.78 is 7.47. The first-order valence-corrected chi connectivity index (χ1v) is 9.34. The third-order valence-electron chi connectivity index (χ3n) is 5.60. The maximum absolute atomic E-state index is 12.8. The highest BCUT2D eigenvalue weighted by molar-refractivity contribution is 5.93. The van der Waals surface area contributed by atoms with Crippen LogP contribution in [0.4, 0.5) is 0 Å². The highest BCUT2D eigenvalue weighted by atomic mass is 16.5. The molecular weight excluding hydrogens is 330 g/mol. The molecule has 1 heterocycles. The summed E-state index contributed by atoms with van der Waals surface area (Å²) in [5.74, 6) is -0.826. The van der Waals surface area contributed by atoms with Crippen LogP contribution in [0, 0.1) is 25.2 Å². The van der Waals surface area contributed by atoms with Gasteiger partial charge < -0.3 is 14.2 Å². The van der Waals surface area contributed by atoms with Crippen molar-refractivity contribution in [2.24, 2.45) is 0 Å². The van der Waals surface area contributed by atoms with Crippen LogP contribution in [0.1, 0.15) is 67.7 Å². The number of esters is 1. The smallest absolute Gasteiger partial charge is 0.340 e. The Morgan fingerprint density at radius 1 is 1.35 bits per heavy atom. The van der Waals surface area contributed by atoms with Gasteiger partial charge in [-0.25, -0.2) is 4.79 Å². The van der Waals surface area contributed by atoms with Gasteiger partial charge in [-0.15, -0.1) is 0 Å². The Labute approximate surface area is 155 Å². The van der Waals surface area contributed by atoms with E-state index in [-0.39, 0.29) is 5.91 Å². The van der Waals surface area contributed by atoms with Crippen LogP contribution in [0.5, 0.6) is 0 Å². The Balaban J connectivity index is 2.11. The van der Waals surface area contributed by atoms with E-state index in [0.717, 1.165) is 37.2 Å². The quantitative estimate of drug-likeness (QED) is 0.756. The Morgan fingerprint density at radius 3 is 2.46 bits per heavy atom. The standard InChI is InChI=1S/C20H29N3O3/c1-6-23-14(2)12-17(15(23)3)19(25)26-16(4)18(24)22(5)20(13-21)10-8-7-9-11-20/h12,16H,6-11H2,1-5H3/t16-/m1/s1. The van der Waals surface area contributed by atoms with E-state index < -0.39 is 17.6 Å². The fraction of sp³-hybridized carbons (Fsp3) is 0.650. The molecular formula is C20H29N3O3. The summed E-state index contributed by atoms with van der Waals surface area (Å²) in [6.45, 7) is 8.17. The van der Waals surface area contributed by atoms with Crippen molar-refractivity contribution in [3.63, 3.8) is 0 Å². The molecule has 1 atom stereocenters. The predicted molar refractivity (Wildman–Crippen MR) is 98.7 cm³/mol. The van der Waals surface area contributed by atoms with Crippen molar-refractivity contribution in [3.8, 4) is 6.07 Å². The number of aromatic nitrogens is 1. The lowest BCUT2D eigenvalue weighted by molar-refractivity contribution is -0.143. The number of nitrogens with zero attached hydrogens (tertiary/aromatic N) is 3. The number of rotatable bonds is 5. The monoisotopic (exact) mass is 359 g/mol. The van der Waals surface area contributed by atoms with Crippen LogP contribution < -0.4 is 0 Å². The van der Waals surface area contributed by atoms with E-state index in [1.54, 1.807) is 20.0 Å². The van der Waals surface area contributed by atoms with Gasteiger partial charge in [-0.1, -0.05) is 19.3 Å². The fourth-order valence-corrected chi connectivity index (χ4v) is 3.91. The molecule has 1 aliphatic rings. The van der Waals surface area contributed by atoms with Crippen molar-refractivity contribution in [1.82, 2.24) is 9.47 Å². The fourth-order valence-electron chi connectivity index (χ4n) is 3.91. The van der Waals surface area contributed by atoms with Crippen molar-refractivity contribution < 1.29 is 14.3 Å². The van der Waals surface area contributed by atoms with Gasteiger partial charge in [0.15, 0.2) is 6.10 Å².